The number of carbonyl (C=O) groups excluding carboxylic acids is 1. The first kappa shape index (κ1) is 19.7. The second-order valence-electron chi connectivity index (χ2n) is 6.74. The summed E-state index contributed by atoms with van der Waals surface area (Å²) >= 11 is 3.39. The molecule has 0 aliphatic carbocycles. The molecule has 1 aromatic heterocycles. The van der Waals surface area contributed by atoms with Crippen LogP contribution >= 0.6 is 15.9 Å². The summed E-state index contributed by atoms with van der Waals surface area (Å²) in [7, 11) is 0. The number of rotatable bonds is 4. The molecule has 0 bridgehead atoms. The largest absolute Gasteiger partial charge is 0.508 e. The molecule has 4 aromatic rings. The smallest absolute Gasteiger partial charge is 0.261 e. The maximum atomic E-state index is 13.0. The zero-order valence-electron chi connectivity index (χ0n) is 16.0. The number of carbonyl (C=O) groups is 1. The van der Waals surface area contributed by atoms with Crippen molar-refractivity contribution in [2.24, 2.45) is 5.10 Å². The highest BCUT2D eigenvalue weighted by molar-refractivity contribution is 9.10. The van der Waals surface area contributed by atoms with E-state index in [1.54, 1.807) is 12.1 Å². The van der Waals surface area contributed by atoms with Crippen LogP contribution in [0.4, 0.5) is 11.4 Å². The summed E-state index contributed by atoms with van der Waals surface area (Å²) in [4.78, 5) is 13.0. The molecule has 3 aromatic carbocycles. The second kappa shape index (κ2) is 8.42. The van der Waals surface area contributed by atoms with Crippen molar-refractivity contribution in [3.63, 3.8) is 0 Å². The van der Waals surface area contributed by atoms with Crippen LogP contribution in [0.2, 0.25) is 0 Å². The van der Waals surface area contributed by atoms with Crippen LogP contribution < -0.4 is 16.3 Å². The number of aromatic hydroxyl groups is 1. The predicted molar refractivity (Wildman–Crippen MR) is 120 cm³/mol. The van der Waals surface area contributed by atoms with Crippen LogP contribution in [0.3, 0.4) is 0 Å². The van der Waals surface area contributed by atoms with E-state index in [1.807, 2.05) is 55.5 Å². The Hall–Kier alpha value is -3.58. The minimum atomic E-state index is -0.351. The maximum Gasteiger partial charge on any atom is 0.261 e. The summed E-state index contributed by atoms with van der Waals surface area (Å²) in [6.07, 6.45) is 0. The molecule has 7 heteroatoms. The molecule has 1 amide bonds. The van der Waals surface area contributed by atoms with Crippen LogP contribution in [-0.2, 0) is 0 Å². The highest BCUT2D eigenvalue weighted by atomic mass is 79.9. The first-order valence-corrected chi connectivity index (χ1v) is 9.97. The molecule has 0 atom stereocenters. The first-order valence-electron chi connectivity index (χ1n) is 9.18. The van der Waals surface area contributed by atoms with Crippen molar-refractivity contribution in [2.75, 3.05) is 10.7 Å². The molecular formula is C23H18BrN3O3. The van der Waals surface area contributed by atoms with Crippen molar-refractivity contribution in [1.29, 1.82) is 0 Å². The number of aryl methyl sites for hydroxylation is 1. The van der Waals surface area contributed by atoms with Crippen LogP contribution in [0.1, 0.15) is 15.9 Å². The van der Waals surface area contributed by atoms with Crippen LogP contribution in [-0.4, -0.2) is 11.0 Å². The molecule has 0 unspecified atom stereocenters. The molecule has 1 heterocycles. The van der Waals surface area contributed by atoms with E-state index in [0.29, 0.717) is 16.7 Å². The lowest BCUT2D eigenvalue weighted by atomic mass is 10.1. The number of hydrogen-bond donors (Lipinski definition) is 3. The lowest BCUT2D eigenvalue weighted by molar-refractivity contribution is 0.102. The number of amides is 1. The Kier molecular flexibility index (Phi) is 5.54. The average molecular weight is 464 g/mol. The maximum absolute atomic E-state index is 13.0. The molecule has 0 spiro atoms. The van der Waals surface area contributed by atoms with Crippen molar-refractivity contribution in [3.05, 3.63) is 94.0 Å². The molecule has 4 rings (SSSR count). The Labute approximate surface area is 181 Å². The Bertz CT molecular complexity index is 1300. The molecule has 0 aliphatic heterocycles. The summed E-state index contributed by atoms with van der Waals surface area (Å²) in [5.74, 6) is -0.286. The zero-order valence-corrected chi connectivity index (χ0v) is 17.6. The van der Waals surface area contributed by atoms with Crippen molar-refractivity contribution >= 4 is 44.2 Å². The summed E-state index contributed by atoms with van der Waals surface area (Å²) in [5.41, 5.74) is 6.13. The molecule has 0 radical (unpaired) electrons. The minimum absolute atomic E-state index is 0.0648. The second-order valence-corrected chi connectivity index (χ2v) is 7.66. The minimum Gasteiger partial charge on any atom is -0.508 e. The molecule has 30 heavy (non-hydrogen) atoms. The van der Waals surface area contributed by atoms with Gasteiger partial charge < -0.3 is 14.8 Å². The van der Waals surface area contributed by atoms with Crippen molar-refractivity contribution in [1.82, 2.24) is 0 Å². The van der Waals surface area contributed by atoms with E-state index in [0.717, 1.165) is 15.7 Å². The Morgan fingerprint density at radius 1 is 1.00 bits per heavy atom. The lowest BCUT2D eigenvalue weighted by Crippen LogP contribution is -2.22. The summed E-state index contributed by atoms with van der Waals surface area (Å²) in [5, 5.41) is 17.6. The van der Waals surface area contributed by atoms with Crippen LogP contribution in [0.25, 0.3) is 11.0 Å². The van der Waals surface area contributed by atoms with Gasteiger partial charge in [-0.15, -0.1) is 5.10 Å². The third-order valence-electron chi connectivity index (χ3n) is 4.39. The fourth-order valence-electron chi connectivity index (χ4n) is 2.91. The third-order valence-corrected chi connectivity index (χ3v) is 4.91. The SMILES string of the molecule is Cc1cccc(NC(=O)c2cc3ccc(O)cc3oc2=NNc2ccc(Br)cc2)c1. The van der Waals surface area contributed by atoms with Crippen molar-refractivity contribution < 1.29 is 14.3 Å². The quantitative estimate of drug-likeness (QED) is 0.354. The van der Waals surface area contributed by atoms with Crippen LogP contribution in [0.5, 0.6) is 5.75 Å². The van der Waals surface area contributed by atoms with Gasteiger partial charge in [-0.2, -0.15) is 0 Å². The van der Waals surface area contributed by atoms with Gasteiger partial charge in [-0.1, -0.05) is 28.1 Å². The highest BCUT2D eigenvalue weighted by Crippen LogP contribution is 2.20. The molecular weight excluding hydrogens is 446 g/mol. The Morgan fingerprint density at radius 3 is 2.57 bits per heavy atom. The van der Waals surface area contributed by atoms with E-state index in [-0.39, 0.29) is 22.8 Å². The predicted octanol–water partition coefficient (Wildman–Crippen LogP) is 5.39. The molecule has 6 nitrogen and oxygen atoms in total. The standard InChI is InChI=1S/C23H18BrN3O3/c1-14-3-2-4-18(11-14)25-22(29)20-12-15-5-10-19(28)13-21(15)30-23(20)27-26-17-8-6-16(24)7-9-17/h2-13,26,28H,1H3,(H,25,29). The molecule has 0 fully saturated rings. The average Bonchev–Trinajstić information content (AvgIpc) is 2.72. The monoisotopic (exact) mass is 463 g/mol. The molecule has 3 N–H and O–H groups in total. The fraction of sp³-hybridized carbons (Fsp3) is 0.0435. The normalized spacial score (nSPS) is 11.5. The van der Waals surface area contributed by atoms with Gasteiger partial charge in [0.05, 0.1) is 5.69 Å². The van der Waals surface area contributed by atoms with E-state index in [1.165, 1.54) is 12.1 Å². The summed E-state index contributed by atoms with van der Waals surface area (Å²) < 4.78 is 6.78. The number of hydrogen-bond acceptors (Lipinski definition) is 5. The number of phenolic OH excluding ortho intramolecular Hbond substituents is 1. The number of fused-ring (bicyclic) bond motifs is 1. The van der Waals surface area contributed by atoms with E-state index in [4.69, 9.17) is 4.42 Å². The highest BCUT2D eigenvalue weighted by Gasteiger charge is 2.14. The van der Waals surface area contributed by atoms with E-state index in [2.05, 4.69) is 31.8 Å². The zero-order chi connectivity index (χ0) is 21.1. The van der Waals surface area contributed by atoms with E-state index in [9.17, 15) is 9.90 Å². The number of nitrogens with zero attached hydrogens (tertiary/aromatic N) is 1. The van der Waals surface area contributed by atoms with Gasteiger partial charge >= 0.3 is 0 Å². The molecule has 0 saturated carbocycles. The van der Waals surface area contributed by atoms with Gasteiger partial charge in [0, 0.05) is 21.6 Å². The van der Waals surface area contributed by atoms with Gasteiger partial charge in [-0.05, 0) is 67.1 Å². The van der Waals surface area contributed by atoms with Gasteiger partial charge in [0.15, 0.2) is 0 Å². The van der Waals surface area contributed by atoms with E-state index < -0.39 is 0 Å². The van der Waals surface area contributed by atoms with Gasteiger partial charge in [0.1, 0.15) is 16.9 Å². The summed E-state index contributed by atoms with van der Waals surface area (Å²) in [6, 6.07) is 21.3. The van der Waals surface area contributed by atoms with Crippen LogP contribution in [0, 0.1) is 6.92 Å². The summed E-state index contributed by atoms with van der Waals surface area (Å²) in [6.45, 7) is 1.95. The number of nitrogens with one attached hydrogen (secondary N) is 2. The van der Waals surface area contributed by atoms with Gasteiger partial charge in [0.2, 0.25) is 5.55 Å². The van der Waals surface area contributed by atoms with Crippen LogP contribution in [0.15, 0.2) is 86.8 Å². The Balaban J connectivity index is 1.76. The number of benzene rings is 3. The molecule has 0 saturated heterocycles. The number of anilines is 2. The van der Waals surface area contributed by atoms with Gasteiger partial charge in [-0.3, -0.25) is 10.2 Å². The van der Waals surface area contributed by atoms with Crippen molar-refractivity contribution in [3.8, 4) is 5.75 Å². The topological polar surface area (TPSA) is 86.9 Å². The van der Waals surface area contributed by atoms with Gasteiger partial charge in [-0.25, -0.2) is 0 Å². The first-order chi connectivity index (χ1) is 14.5. The van der Waals surface area contributed by atoms with Gasteiger partial charge in [0.25, 0.3) is 5.91 Å². The molecule has 0 aliphatic rings. The lowest BCUT2D eigenvalue weighted by Gasteiger charge is -2.08. The number of halogens is 1. The fourth-order valence-corrected chi connectivity index (χ4v) is 3.18. The van der Waals surface area contributed by atoms with E-state index >= 15 is 0 Å². The number of phenols is 1. The van der Waals surface area contributed by atoms with Crippen molar-refractivity contribution in [2.45, 2.75) is 6.92 Å². The third kappa shape index (κ3) is 4.52. The molecule has 150 valence electrons. The Morgan fingerprint density at radius 2 is 1.80 bits per heavy atom.